The van der Waals surface area contributed by atoms with Gasteiger partial charge in [0.05, 0.1) is 18.0 Å². The first-order chi connectivity index (χ1) is 10.7. The number of fused-ring (bicyclic) bond motifs is 1. The Kier molecular flexibility index (Phi) is 3.24. The van der Waals surface area contributed by atoms with Crippen LogP contribution in [0.25, 0.3) is 16.9 Å². The number of aliphatic hydroxyl groups is 1. The summed E-state index contributed by atoms with van der Waals surface area (Å²) < 4.78 is 1.74. The first-order valence-corrected chi connectivity index (χ1v) is 7.63. The molecule has 112 valence electrons. The number of hydrogen-bond donors (Lipinski definition) is 1. The van der Waals surface area contributed by atoms with Crippen LogP contribution in [0.2, 0.25) is 5.02 Å². The molecule has 1 fully saturated rings. The second-order valence-corrected chi connectivity index (χ2v) is 5.83. The van der Waals surface area contributed by atoms with Crippen molar-refractivity contribution >= 4 is 23.1 Å². The van der Waals surface area contributed by atoms with E-state index >= 15 is 0 Å². The minimum atomic E-state index is -0.324. The van der Waals surface area contributed by atoms with Gasteiger partial charge in [-0.1, -0.05) is 41.9 Å². The molecule has 3 aromatic rings. The second-order valence-electron chi connectivity index (χ2n) is 5.45. The van der Waals surface area contributed by atoms with E-state index in [4.69, 9.17) is 11.6 Å². The van der Waals surface area contributed by atoms with Crippen molar-refractivity contribution in [3.05, 3.63) is 47.6 Å². The van der Waals surface area contributed by atoms with Crippen molar-refractivity contribution in [3.8, 4) is 11.3 Å². The van der Waals surface area contributed by atoms with E-state index in [9.17, 15) is 5.11 Å². The Morgan fingerprint density at radius 2 is 2.00 bits per heavy atom. The van der Waals surface area contributed by atoms with Crippen molar-refractivity contribution in [2.75, 3.05) is 18.0 Å². The molecule has 0 amide bonds. The van der Waals surface area contributed by atoms with Gasteiger partial charge in [-0.05, 0) is 6.42 Å². The zero-order valence-electron chi connectivity index (χ0n) is 11.9. The summed E-state index contributed by atoms with van der Waals surface area (Å²) in [6.45, 7) is 1.32. The van der Waals surface area contributed by atoms with Gasteiger partial charge in [-0.2, -0.15) is 9.61 Å². The van der Waals surface area contributed by atoms with Crippen LogP contribution in [0.1, 0.15) is 6.42 Å². The summed E-state index contributed by atoms with van der Waals surface area (Å²) >= 11 is 6.66. The number of nitrogens with zero attached hydrogens (tertiary/aromatic N) is 4. The van der Waals surface area contributed by atoms with Gasteiger partial charge in [0.15, 0.2) is 11.5 Å². The van der Waals surface area contributed by atoms with Gasteiger partial charge in [0, 0.05) is 24.7 Å². The first kappa shape index (κ1) is 13.5. The van der Waals surface area contributed by atoms with Crippen LogP contribution in [-0.2, 0) is 0 Å². The Bertz CT molecular complexity index is 818. The number of rotatable bonds is 2. The summed E-state index contributed by atoms with van der Waals surface area (Å²) in [6, 6.07) is 11.7. The zero-order valence-corrected chi connectivity index (χ0v) is 12.6. The molecule has 0 radical (unpaired) electrons. The molecule has 1 atom stereocenters. The number of benzene rings is 1. The number of anilines is 1. The van der Waals surface area contributed by atoms with Crippen molar-refractivity contribution in [1.82, 2.24) is 14.6 Å². The van der Waals surface area contributed by atoms with Gasteiger partial charge in [0.25, 0.3) is 0 Å². The third kappa shape index (κ3) is 2.14. The summed E-state index contributed by atoms with van der Waals surface area (Å²) in [6.07, 6.45) is 2.13. The van der Waals surface area contributed by atoms with Crippen LogP contribution >= 0.6 is 11.6 Å². The fourth-order valence-corrected chi connectivity index (χ4v) is 3.25. The Hall–Kier alpha value is -2.11. The van der Waals surface area contributed by atoms with E-state index in [0.29, 0.717) is 11.6 Å². The monoisotopic (exact) mass is 314 g/mol. The largest absolute Gasteiger partial charge is 0.391 e. The van der Waals surface area contributed by atoms with E-state index in [-0.39, 0.29) is 6.10 Å². The van der Waals surface area contributed by atoms with Crippen molar-refractivity contribution in [3.63, 3.8) is 0 Å². The minimum Gasteiger partial charge on any atom is -0.391 e. The highest BCUT2D eigenvalue weighted by Crippen LogP contribution is 2.36. The number of aromatic nitrogens is 3. The van der Waals surface area contributed by atoms with Gasteiger partial charge in [0.1, 0.15) is 5.02 Å². The lowest BCUT2D eigenvalue weighted by molar-refractivity contribution is 0.198. The van der Waals surface area contributed by atoms with E-state index in [1.807, 2.05) is 36.4 Å². The van der Waals surface area contributed by atoms with Crippen LogP contribution in [0.5, 0.6) is 0 Å². The van der Waals surface area contributed by atoms with Crippen LogP contribution in [0.4, 0.5) is 5.82 Å². The van der Waals surface area contributed by atoms with Gasteiger partial charge in [-0.25, -0.2) is 4.98 Å². The highest BCUT2D eigenvalue weighted by Gasteiger charge is 2.26. The van der Waals surface area contributed by atoms with Crippen LogP contribution in [0, 0.1) is 0 Å². The molecule has 1 saturated heterocycles. The molecule has 2 aromatic heterocycles. The molecule has 5 nitrogen and oxygen atoms in total. The number of aliphatic hydroxyl groups excluding tert-OH is 1. The highest BCUT2D eigenvalue weighted by atomic mass is 35.5. The lowest BCUT2D eigenvalue weighted by atomic mass is 10.1. The lowest BCUT2D eigenvalue weighted by Gasteiger charge is -2.21. The average Bonchev–Trinajstić information content (AvgIpc) is 3.16. The van der Waals surface area contributed by atoms with Crippen molar-refractivity contribution in [2.45, 2.75) is 12.5 Å². The minimum absolute atomic E-state index is 0.324. The molecule has 0 spiro atoms. The van der Waals surface area contributed by atoms with Crippen LogP contribution < -0.4 is 4.90 Å². The predicted octanol–water partition coefficient (Wildman–Crippen LogP) is 2.62. The fourth-order valence-electron chi connectivity index (χ4n) is 2.90. The van der Waals surface area contributed by atoms with E-state index in [2.05, 4.69) is 15.0 Å². The maximum absolute atomic E-state index is 9.83. The summed E-state index contributed by atoms with van der Waals surface area (Å²) in [4.78, 5) is 6.71. The van der Waals surface area contributed by atoms with E-state index in [1.165, 1.54) is 0 Å². The normalized spacial score (nSPS) is 18.3. The molecule has 22 heavy (non-hydrogen) atoms. The number of β-amino-alcohol motifs (C(OH)–C–C–N with tert-alkyl or cyclic N) is 1. The molecule has 0 saturated carbocycles. The molecule has 1 aliphatic heterocycles. The van der Waals surface area contributed by atoms with Crippen molar-refractivity contribution in [2.24, 2.45) is 0 Å². The van der Waals surface area contributed by atoms with Gasteiger partial charge >= 0.3 is 0 Å². The molecule has 0 bridgehead atoms. The van der Waals surface area contributed by atoms with E-state index in [0.717, 1.165) is 35.7 Å². The molecule has 3 heterocycles. The van der Waals surface area contributed by atoms with Gasteiger partial charge in [0.2, 0.25) is 0 Å². The fraction of sp³-hybridized carbons (Fsp3) is 0.250. The molecule has 1 unspecified atom stereocenters. The highest BCUT2D eigenvalue weighted by molar-refractivity contribution is 6.35. The van der Waals surface area contributed by atoms with Crippen LogP contribution in [0.3, 0.4) is 0 Å². The van der Waals surface area contributed by atoms with Crippen molar-refractivity contribution in [1.29, 1.82) is 0 Å². The third-order valence-corrected chi connectivity index (χ3v) is 4.31. The van der Waals surface area contributed by atoms with Gasteiger partial charge in [-0.3, -0.25) is 0 Å². The van der Waals surface area contributed by atoms with Crippen molar-refractivity contribution < 1.29 is 5.11 Å². The molecule has 4 rings (SSSR count). The van der Waals surface area contributed by atoms with Gasteiger partial charge < -0.3 is 10.0 Å². The molecular weight excluding hydrogens is 300 g/mol. The molecule has 1 aromatic carbocycles. The Morgan fingerprint density at radius 1 is 1.18 bits per heavy atom. The molecule has 6 heteroatoms. The van der Waals surface area contributed by atoms with Crippen LogP contribution in [-0.4, -0.2) is 38.9 Å². The standard InChI is InChI=1S/C16H15ClN4O/c17-14-15(11-4-2-1-3-5-11)19-13-6-8-18-21(13)16(14)20-9-7-12(22)10-20/h1-6,8,12,22H,7,9-10H2. The molecule has 0 aliphatic carbocycles. The molecule has 1 aliphatic rings. The van der Waals surface area contributed by atoms with Crippen LogP contribution in [0.15, 0.2) is 42.6 Å². The lowest BCUT2D eigenvalue weighted by Crippen LogP contribution is -2.24. The summed E-state index contributed by atoms with van der Waals surface area (Å²) in [5, 5.41) is 14.7. The Morgan fingerprint density at radius 3 is 2.73 bits per heavy atom. The van der Waals surface area contributed by atoms with E-state index in [1.54, 1.807) is 10.7 Å². The smallest absolute Gasteiger partial charge is 0.158 e. The summed E-state index contributed by atoms with van der Waals surface area (Å²) in [5.41, 5.74) is 2.46. The zero-order chi connectivity index (χ0) is 15.1. The Balaban J connectivity index is 1.94. The van der Waals surface area contributed by atoms with E-state index < -0.39 is 0 Å². The maximum Gasteiger partial charge on any atom is 0.158 e. The third-order valence-electron chi connectivity index (χ3n) is 3.96. The number of halogens is 1. The average molecular weight is 315 g/mol. The maximum atomic E-state index is 9.83. The summed E-state index contributed by atoms with van der Waals surface area (Å²) in [5.74, 6) is 0.798. The second kappa shape index (κ2) is 5.26. The topological polar surface area (TPSA) is 53.7 Å². The quantitative estimate of drug-likeness (QED) is 0.790. The Labute approximate surface area is 132 Å². The predicted molar refractivity (Wildman–Crippen MR) is 86.3 cm³/mol. The summed E-state index contributed by atoms with van der Waals surface area (Å²) in [7, 11) is 0. The molecule has 1 N–H and O–H groups in total. The molecular formula is C16H15ClN4O. The van der Waals surface area contributed by atoms with Gasteiger partial charge in [-0.15, -0.1) is 0 Å². The first-order valence-electron chi connectivity index (χ1n) is 7.26. The SMILES string of the molecule is OC1CCN(c2c(Cl)c(-c3ccccc3)nc3ccnn23)C1. The number of hydrogen-bond acceptors (Lipinski definition) is 4.